The van der Waals surface area contributed by atoms with Crippen LogP contribution in [-0.2, 0) is 9.53 Å². The van der Waals surface area contributed by atoms with E-state index in [2.05, 4.69) is 5.32 Å². The van der Waals surface area contributed by atoms with Crippen LogP contribution in [0.4, 0.5) is 4.79 Å². The van der Waals surface area contributed by atoms with Crippen molar-refractivity contribution in [2.45, 2.75) is 26.4 Å². The number of nitrogens with zero attached hydrogens (tertiary/aromatic N) is 1. The molecule has 0 aromatic heterocycles. The Morgan fingerprint density at radius 3 is 2.14 bits per heavy atom. The highest BCUT2D eigenvalue weighted by atomic mass is 16.6. The number of imide groups is 1. The predicted octanol–water partition coefficient (Wildman–Crippen LogP) is 0.599. The van der Waals surface area contributed by atoms with Crippen LogP contribution in [0.15, 0.2) is 0 Å². The lowest BCUT2D eigenvalue weighted by molar-refractivity contribution is -0.121. The Hall–Kier alpha value is -1.10. The van der Waals surface area contributed by atoms with Crippen LogP contribution in [0, 0.1) is 0 Å². The molecule has 0 unspecified atom stereocenters. The minimum absolute atomic E-state index is 0.166. The van der Waals surface area contributed by atoms with E-state index >= 15 is 0 Å². The van der Waals surface area contributed by atoms with Gasteiger partial charge < -0.3 is 9.64 Å². The molecule has 5 heteroatoms. The van der Waals surface area contributed by atoms with Crippen LogP contribution in [0.25, 0.3) is 0 Å². The van der Waals surface area contributed by atoms with E-state index in [4.69, 9.17) is 4.74 Å². The van der Waals surface area contributed by atoms with Crippen molar-refractivity contribution >= 4 is 12.0 Å². The number of likely N-dealkylation sites (N-methyl/N-ethyl adjacent to an activating group) is 1. The van der Waals surface area contributed by atoms with Crippen molar-refractivity contribution in [1.82, 2.24) is 10.2 Å². The molecule has 0 fully saturated rings. The Bertz CT molecular complexity index is 219. The largest absolute Gasteiger partial charge is 0.444 e. The molecule has 14 heavy (non-hydrogen) atoms. The van der Waals surface area contributed by atoms with E-state index in [9.17, 15) is 9.59 Å². The van der Waals surface area contributed by atoms with E-state index in [0.717, 1.165) is 0 Å². The molecule has 0 aromatic rings. The molecule has 0 heterocycles. The molecule has 0 atom stereocenters. The highest BCUT2D eigenvalue weighted by molar-refractivity contribution is 5.92. The minimum Gasteiger partial charge on any atom is -0.444 e. The Morgan fingerprint density at radius 1 is 1.29 bits per heavy atom. The van der Waals surface area contributed by atoms with Gasteiger partial charge >= 0.3 is 6.09 Å². The average molecular weight is 202 g/mol. The van der Waals surface area contributed by atoms with Gasteiger partial charge in [0.2, 0.25) is 5.91 Å². The van der Waals surface area contributed by atoms with Crippen LogP contribution < -0.4 is 5.32 Å². The summed E-state index contributed by atoms with van der Waals surface area (Å²) in [7, 11) is 3.49. The molecule has 0 rings (SSSR count). The quantitative estimate of drug-likeness (QED) is 0.712. The van der Waals surface area contributed by atoms with Crippen molar-refractivity contribution in [2.24, 2.45) is 0 Å². The summed E-state index contributed by atoms with van der Waals surface area (Å²) in [6.45, 7) is 5.38. The van der Waals surface area contributed by atoms with E-state index in [1.165, 1.54) is 0 Å². The van der Waals surface area contributed by atoms with Crippen molar-refractivity contribution in [3.63, 3.8) is 0 Å². The topological polar surface area (TPSA) is 58.6 Å². The summed E-state index contributed by atoms with van der Waals surface area (Å²) in [5.74, 6) is -0.371. The maximum Gasteiger partial charge on any atom is 0.414 e. The van der Waals surface area contributed by atoms with Gasteiger partial charge in [-0.25, -0.2) is 4.79 Å². The van der Waals surface area contributed by atoms with Gasteiger partial charge in [-0.2, -0.15) is 0 Å². The fourth-order valence-corrected chi connectivity index (χ4v) is 0.744. The van der Waals surface area contributed by atoms with Gasteiger partial charge in [0.15, 0.2) is 0 Å². The third-order valence-electron chi connectivity index (χ3n) is 1.10. The standard InChI is InChI=1S/C9H18N2O3/c1-9(2,3)14-8(13)10-7(12)6-11(4)5/h6H2,1-5H3,(H,10,12,13). The first-order chi connectivity index (χ1) is 6.20. The first kappa shape index (κ1) is 12.9. The molecule has 82 valence electrons. The zero-order valence-corrected chi connectivity index (χ0v) is 9.38. The van der Waals surface area contributed by atoms with E-state index in [0.29, 0.717) is 0 Å². The number of nitrogens with one attached hydrogen (secondary N) is 1. The molecular weight excluding hydrogens is 184 g/mol. The lowest BCUT2D eigenvalue weighted by Gasteiger charge is -2.19. The summed E-state index contributed by atoms with van der Waals surface area (Å²) in [6.07, 6.45) is -0.704. The number of carbonyl (C=O) groups excluding carboxylic acids is 2. The fourth-order valence-electron chi connectivity index (χ4n) is 0.744. The van der Waals surface area contributed by atoms with Crippen LogP contribution in [0.3, 0.4) is 0 Å². The second kappa shape index (κ2) is 4.95. The van der Waals surface area contributed by atoms with Gasteiger partial charge in [0.05, 0.1) is 6.54 Å². The summed E-state index contributed by atoms with van der Waals surface area (Å²) in [6, 6.07) is 0. The number of hydrogen-bond acceptors (Lipinski definition) is 4. The number of amides is 2. The second-order valence-corrected chi connectivity index (χ2v) is 4.29. The van der Waals surface area contributed by atoms with E-state index in [1.807, 2.05) is 0 Å². The SMILES string of the molecule is CN(C)CC(=O)NC(=O)OC(C)(C)C. The molecular formula is C9H18N2O3. The Balaban J connectivity index is 3.90. The van der Waals surface area contributed by atoms with Crippen LogP contribution in [-0.4, -0.2) is 43.1 Å². The normalized spacial score (nSPS) is 11.3. The van der Waals surface area contributed by atoms with Crippen molar-refractivity contribution in [2.75, 3.05) is 20.6 Å². The fraction of sp³-hybridized carbons (Fsp3) is 0.778. The molecule has 0 saturated carbocycles. The minimum atomic E-state index is -0.704. The molecule has 0 spiro atoms. The van der Waals surface area contributed by atoms with Crippen LogP contribution in [0.2, 0.25) is 0 Å². The molecule has 0 radical (unpaired) electrons. The van der Waals surface area contributed by atoms with Gasteiger partial charge in [0, 0.05) is 0 Å². The summed E-state index contributed by atoms with van der Waals surface area (Å²) in [5.41, 5.74) is -0.581. The maximum atomic E-state index is 11.1. The summed E-state index contributed by atoms with van der Waals surface area (Å²) in [5, 5.41) is 2.13. The highest BCUT2D eigenvalue weighted by Crippen LogP contribution is 2.06. The number of alkyl carbamates (subject to hydrolysis) is 1. The molecule has 0 aliphatic rings. The molecule has 0 aliphatic carbocycles. The molecule has 0 aromatic carbocycles. The average Bonchev–Trinajstić information content (AvgIpc) is 1.77. The van der Waals surface area contributed by atoms with Gasteiger partial charge in [-0.15, -0.1) is 0 Å². The second-order valence-electron chi connectivity index (χ2n) is 4.29. The molecule has 0 bridgehead atoms. The van der Waals surface area contributed by atoms with Crippen LogP contribution in [0.5, 0.6) is 0 Å². The third kappa shape index (κ3) is 7.54. The van der Waals surface area contributed by atoms with E-state index in [1.54, 1.807) is 39.8 Å². The van der Waals surface area contributed by atoms with Gasteiger partial charge in [-0.1, -0.05) is 0 Å². The Labute approximate surface area is 84.4 Å². The lowest BCUT2D eigenvalue weighted by Crippen LogP contribution is -2.40. The van der Waals surface area contributed by atoms with Crippen molar-refractivity contribution < 1.29 is 14.3 Å². The summed E-state index contributed by atoms with van der Waals surface area (Å²) in [4.78, 5) is 23.8. The first-order valence-corrected chi connectivity index (χ1v) is 4.38. The van der Waals surface area contributed by atoms with Gasteiger partial charge in [-0.05, 0) is 34.9 Å². The number of carbonyl (C=O) groups is 2. The summed E-state index contributed by atoms with van der Waals surface area (Å²) < 4.78 is 4.90. The zero-order chi connectivity index (χ0) is 11.4. The molecule has 0 saturated heterocycles. The Morgan fingerprint density at radius 2 is 1.79 bits per heavy atom. The number of rotatable bonds is 2. The molecule has 5 nitrogen and oxygen atoms in total. The van der Waals surface area contributed by atoms with E-state index in [-0.39, 0.29) is 12.5 Å². The monoisotopic (exact) mass is 202 g/mol. The van der Waals surface area contributed by atoms with Crippen LogP contribution >= 0.6 is 0 Å². The third-order valence-corrected chi connectivity index (χ3v) is 1.10. The Kier molecular flexibility index (Phi) is 4.56. The maximum absolute atomic E-state index is 11.1. The number of hydrogen-bond donors (Lipinski definition) is 1. The van der Waals surface area contributed by atoms with Gasteiger partial charge in [0.25, 0.3) is 0 Å². The van der Waals surface area contributed by atoms with Crippen molar-refractivity contribution in [3.05, 3.63) is 0 Å². The van der Waals surface area contributed by atoms with E-state index < -0.39 is 11.7 Å². The molecule has 1 N–H and O–H groups in total. The van der Waals surface area contributed by atoms with Crippen molar-refractivity contribution in [1.29, 1.82) is 0 Å². The number of ether oxygens (including phenoxy) is 1. The zero-order valence-electron chi connectivity index (χ0n) is 9.38. The van der Waals surface area contributed by atoms with Crippen LogP contribution in [0.1, 0.15) is 20.8 Å². The predicted molar refractivity (Wildman–Crippen MR) is 52.9 cm³/mol. The lowest BCUT2D eigenvalue weighted by atomic mass is 10.2. The highest BCUT2D eigenvalue weighted by Gasteiger charge is 2.17. The van der Waals surface area contributed by atoms with Gasteiger partial charge in [0.1, 0.15) is 5.60 Å². The molecule has 2 amide bonds. The molecule has 0 aliphatic heterocycles. The van der Waals surface area contributed by atoms with Crippen molar-refractivity contribution in [3.8, 4) is 0 Å². The smallest absolute Gasteiger partial charge is 0.414 e. The first-order valence-electron chi connectivity index (χ1n) is 4.38. The summed E-state index contributed by atoms with van der Waals surface area (Å²) >= 11 is 0. The van der Waals surface area contributed by atoms with Gasteiger partial charge in [-0.3, -0.25) is 10.1 Å².